The molecule has 4 nitrogen and oxygen atoms in total. The van der Waals surface area contributed by atoms with E-state index in [2.05, 4.69) is 15.0 Å². The maximum absolute atomic E-state index is 10.9. The minimum atomic E-state index is -0.0810. The van der Waals surface area contributed by atoms with Crippen LogP contribution >= 0.6 is 12.4 Å². The molecule has 0 saturated heterocycles. The van der Waals surface area contributed by atoms with Gasteiger partial charge in [-0.2, -0.15) is 0 Å². The Bertz CT molecular complexity index is 344. The number of nitrogens with one attached hydrogen (secondary N) is 1. The third-order valence-corrected chi connectivity index (χ3v) is 1.45. The lowest BCUT2D eigenvalue weighted by Gasteiger charge is -1.90. The van der Waals surface area contributed by atoms with E-state index >= 15 is 0 Å². The molecule has 2 rings (SSSR count). The fourth-order valence-electron chi connectivity index (χ4n) is 0.929. The molecule has 0 unspecified atom stereocenters. The Morgan fingerprint density at radius 1 is 1.55 bits per heavy atom. The number of aromatic amines is 1. The van der Waals surface area contributed by atoms with Crippen molar-refractivity contribution in [3.05, 3.63) is 27.9 Å². The number of nitrogens with zero attached hydrogens (tertiary/aromatic N) is 2. The van der Waals surface area contributed by atoms with E-state index in [4.69, 9.17) is 0 Å². The molecule has 0 fully saturated rings. The zero-order chi connectivity index (χ0) is 6.97. The van der Waals surface area contributed by atoms with Gasteiger partial charge in [0, 0.05) is 6.21 Å². The smallest absolute Gasteiger partial charge is 0.256 e. The van der Waals surface area contributed by atoms with Gasteiger partial charge in [0.1, 0.15) is 0 Å². The molecular formula is C6H6ClN3O. The zero-order valence-corrected chi connectivity index (χ0v) is 6.39. The number of rotatable bonds is 0. The summed E-state index contributed by atoms with van der Waals surface area (Å²) in [6.45, 7) is 0.471. The maximum atomic E-state index is 10.9. The maximum Gasteiger partial charge on any atom is 0.256 e. The summed E-state index contributed by atoms with van der Waals surface area (Å²) in [6, 6.07) is 0. The number of hydrogen-bond donors (Lipinski definition) is 1. The first-order valence-electron chi connectivity index (χ1n) is 2.94. The number of aliphatic imine (C=N–C) groups is 1. The molecule has 0 radical (unpaired) electrons. The summed E-state index contributed by atoms with van der Waals surface area (Å²) in [4.78, 5) is 21.2. The van der Waals surface area contributed by atoms with Crippen LogP contribution in [0.15, 0.2) is 16.1 Å². The van der Waals surface area contributed by atoms with Gasteiger partial charge in [0.05, 0.1) is 24.1 Å². The topological polar surface area (TPSA) is 58.1 Å². The van der Waals surface area contributed by atoms with Crippen LogP contribution in [0.5, 0.6) is 0 Å². The molecule has 0 atom stereocenters. The van der Waals surface area contributed by atoms with Gasteiger partial charge in [-0.25, -0.2) is 4.98 Å². The van der Waals surface area contributed by atoms with E-state index in [1.165, 1.54) is 6.33 Å². The zero-order valence-electron chi connectivity index (χ0n) is 5.57. The first-order chi connectivity index (χ1) is 4.88. The second kappa shape index (κ2) is 2.84. The quantitative estimate of drug-likeness (QED) is 0.603. The van der Waals surface area contributed by atoms with Crippen LogP contribution in [-0.4, -0.2) is 16.2 Å². The van der Waals surface area contributed by atoms with Crippen molar-refractivity contribution in [2.24, 2.45) is 4.99 Å². The van der Waals surface area contributed by atoms with E-state index < -0.39 is 0 Å². The first-order valence-corrected chi connectivity index (χ1v) is 2.94. The Kier molecular flexibility index (Phi) is 2.05. The van der Waals surface area contributed by atoms with Crippen LogP contribution in [0.4, 0.5) is 0 Å². The van der Waals surface area contributed by atoms with Crippen LogP contribution in [0, 0.1) is 0 Å². The minimum absolute atomic E-state index is 0. The molecule has 5 heteroatoms. The molecule has 1 aromatic rings. The lowest BCUT2D eigenvalue weighted by atomic mass is 10.3. The van der Waals surface area contributed by atoms with Gasteiger partial charge < -0.3 is 4.98 Å². The third kappa shape index (κ3) is 1.17. The highest BCUT2D eigenvalue weighted by molar-refractivity contribution is 5.85. The SMILES string of the molecule is Cl.O=c1[nH]cnc2c1CN=C2. The van der Waals surface area contributed by atoms with E-state index in [0.29, 0.717) is 17.8 Å². The summed E-state index contributed by atoms with van der Waals surface area (Å²) >= 11 is 0. The lowest BCUT2D eigenvalue weighted by Crippen LogP contribution is -2.12. The van der Waals surface area contributed by atoms with Crippen molar-refractivity contribution >= 4 is 18.6 Å². The molecule has 1 aliphatic heterocycles. The van der Waals surface area contributed by atoms with Gasteiger partial charge >= 0.3 is 0 Å². The molecule has 0 aromatic carbocycles. The highest BCUT2D eigenvalue weighted by Crippen LogP contribution is 2.03. The Balaban J connectivity index is 0.000000605. The number of halogens is 1. The van der Waals surface area contributed by atoms with Crippen molar-refractivity contribution in [2.45, 2.75) is 6.54 Å². The minimum Gasteiger partial charge on any atom is -0.313 e. The summed E-state index contributed by atoms with van der Waals surface area (Å²) in [5.74, 6) is 0. The predicted octanol–water partition coefficient (Wildman–Crippen LogP) is 0.124. The highest BCUT2D eigenvalue weighted by Gasteiger charge is 2.09. The Morgan fingerprint density at radius 3 is 3.09 bits per heavy atom. The van der Waals surface area contributed by atoms with Crippen molar-refractivity contribution in [2.75, 3.05) is 0 Å². The van der Waals surface area contributed by atoms with Crippen molar-refractivity contribution in [3.8, 4) is 0 Å². The van der Waals surface area contributed by atoms with Crippen LogP contribution in [0.2, 0.25) is 0 Å². The Labute approximate surface area is 68.8 Å². The highest BCUT2D eigenvalue weighted by atomic mass is 35.5. The second-order valence-corrected chi connectivity index (χ2v) is 2.07. The Hall–Kier alpha value is -1.16. The van der Waals surface area contributed by atoms with Gasteiger partial charge in [0.25, 0.3) is 5.56 Å². The van der Waals surface area contributed by atoms with Gasteiger partial charge in [-0.3, -0.25) is 9.79 Å². The fourth-order valence-corrected chi connectivity index (χ4v) is 0.929. The monoisotopic (exact) mass is 171 g/mol. The van der Waals surface area contributed by atoms with Crippen molar-refractivity contribution < 1.29 is 0 Å². The summed E-state index contributed by atoms with van der Waals surface area (Å²) in [5, 5.41) is 0. The number of fused-ring (bicyclic) bond motifs is 1. The average Bonchev–Trinajstić information content (AvgIpc) is 2.36. The van der Waals surface area contributed by atoms with E-state index in [-0.39, 0.29) is 18.0 Å². The summed E-state index contributed by atoms with van der Waals surface area (Å²) in [5.41, 5.74) is 1.29. The van der Waals surface area contributed by atoms with Gasteiger partial charge in [0.15, 0.2) is 0 Å². The molecule has 0 bridgehead atoms. The average molecular weight is 172 g/mol. The second-order valence-electron chi connectivity index (χ2n) is 2.07. The summed E-state index contributed by atoms with van der Waals surface area (Å²) in [6.07, 6.45) is 3.00. The molecule has 11 heavy (non-hydrogen) atoms. The van der Waals surface area contributed by atoms with Crippen molar-refractivity contribution in [1.29, 1.82) is 0 Å². The van der Waals surface area contributed by atoms with Crippen LogP contribution in [0.1, 0.15) is 11.3 Å². The van der Waals surface area contributed by atoms with Crippen LogP contribution in [0.25, 0.3) is 0 Å². The molecule has 0 aliphatic carbocycles. The molecule has 0 saturated carbocycles. The largest absolute Gasteiger partial charge is 0.313 e. The van der Waals surface area contributed by atoms with Crippen LogP contribution in [0.3, 0.4) is 0 Å². The Morgan fingerprint density at radius 2 is 2.36 bits per heavy atom. The van der Waals surface area contributed by atoms with E-state index in [0.717, 1.165) is 0 Å². The van der Waals surface area contributed by atoms with E-state index in [9.17, 15) is 4.79 Å². The predicted molar refractivity (Wildman–Crippen MR) is 43.4 cm³/mol. The molecule has 1 aromatic heterocycles. The van der Waals surface area contributed by atoms with E-state index in [1.54, 1.807) is 6.21 Å². The van der Waals surface area contributed by atoms with Gasteiger partial charge in [-0.15, -0.1) is 12.4 Å². The summed E-state index contributed by atoms with van der Waals surface area (Å²) < 4.78 is 0. The van der Waals surface area contributed by atoms with Gasteiger partial charge in [-0.05, 0) is 0 Å². The normalized spacial score (nSPS) is 12.4. The van der Waals surface area contributed by atoms with Crippen molar-refractivity contribution in [1.82, 2.24) is 9.97 Å². The molecular weight excluding hydrogens is 166 g/mol. The van der Waals surface area contributed by atoms with Gasteiger partial charge in [-0.1, -0.05) is 0 Å². The van der Waals surface area contributed by atoms with Gasteiger partial charge in [0.2, 0.25) is 0 Å². The first kappa shape index (κ1) is 7.94. The molecule has 2 heterocycles. The van der Waals surface area contributed by atoms with Crippen LogP contribution < -0.4 is 5.56 Å². The lowest BCUT2D eigenvalue weighted by molar-refractivity contribution is 1.00. The van der Waals surface area contributed by atoms with Crippen LogP contribution in [-0.2, 0) is 6.54 Å². The third-order valence-electron chi connectivity index (χ3n) is 1.45. The molecule has 0 amide bonds. The fraction of sp³-hybridized carbons (Fsp3) is 0.167. The number of hydrogen-bond acceptors (Lipinski definition) is 3. The van der Waals surface area contributed by atoms with Crippen molar-refractivity contribution in [3.63, 3.8) is 0 Å². The summed E-state index contributed by atoms with van der Waals surface area (Å²) in [7, 11) is 0. The molecule has 1 N–H and O–H groups in total. The number of H-pyrrole nitrogens is 1. The molecule has 0 spiro atoms. The molecule has 1 aliphatic rings. The van der Waals surface area contributed by atoms with E-state index in [1.807, 2.05) is 0 Å². The molecule has 58 valence electrons. The number of aromatic nitrogens is 2. The standard InChI is InChI=1S/C6H5N3O.ClH/c10-6-4-1-7-2-5(4)8-3-9-6;/h2-3H,1H2,(H,8,9,10);1H.